The van der Waals surface area contributed by atoms with Crippen LogP contribution in [0.3, 0.4) is 0 Å². The molecular weight excluding hydrogens is 378 g/mol. The van der Waals surface area contributed by atoms with Crippen LogP contribution in [0.25, 0.3) is 11.3 Å². The number of hydrogen-bond donors (Lipinski definition) is 0. The normalized spacial score (nSPS) is 13.9. The number of ether oxygens (including phenoxy) is 1. The maximum Gasteiger partial charge on any atom is 0.260 e. The van der Waals surface area contributed by atoms with Gasteiger partial charge in [0.1, 0.15) is 5.75 Å². The minimum atomic E-state index is 0.00793. The van der Waals surface area contributed by atoms with E-state index in [4.69, 9.17) is 4.74 Å². The number of hydrogen-bond acceptors (Lipinski definition) is 6. The molecule has 0 N–H and O–H groups in total. The van der Waals surface area contributed by atoms with Gasteiger partial charge in [0, 0.05) is 44.1 Å². The molecule has 1 amide bonds. The van der Waals surface area contributed by atoms with Gasteiger partial charge in [-0.15, -0.1) is 10.2 Å². The van der Waals surface area contributed by atoms with Crippen molar-refractivity contribution >= 4 is 11.7 Å². The summed E-state index contributed by atoms with van der Waals surface area (Å²) < 4.78 is 5.77. The summed E-state index contributed by atoms with van der Waals surface area (Å²) in [5, 5.41) is 8.69. The number of pyridine rings is 1. The number of amides is 1. The van der Waals surface area contributed by atoms with Crippen molar-refractivity contribution < 1.29 is 9.53 Å². The van der Waals surface area contributed by atoms with Gasteiger partial charge in [-0.25, -0.2) is 0 Å². The van der Waals surface area contributed by atoms with Crippen LogP contribution in [0.5, 0.6) is 5.75 Å². The van der Waals surface area contributed by atoms with Crippen molar-refractivity contribution in [1.29, 1.82) is 0 Å². The molecule has 30 heavy (non-hydrogen) atoms. The maximum atomic E-state index is 12.6. The van der Waals surface area contributed by atoms with Crippen molar-refractivity contribution in [2.45, 2.75) is 13.8 Å². The number of rotatable bonds is 5. The van der Waals surface area contributed by atoms with E-state index in [9.17, 15) is 4.79 Å². The second kappa shape index (κ2) is 8.90. The second-order valence-electron chi connectivity index (χ2n) is 7.44. The van der Waals surface area contributed by atoms with Crippen LogP contribution in [0.1, 0.15) is 11.1 Å². The number of anilines is 1. The largest absolute Gasteiger partial charge is 0.483 e. The van der Waals surface area contributed by atoms with Crippen LogP contribution in [0.4, 0.5) is 5.82 Å². The van der Waals surface area contributed by atoms with Crippen LogP contribution in [0, 0.1) is 13.8 Å². The molecule has 7 heteroatoms. The molecule has 7 nitrogen and oxygen atoms in total. The van der Waals surface area contributed by atoms with E-state index in [1.807, 2.05) is 61.2 Å². The van der Waals surface area contributed by atoms with E-state index in [0.29, 0.717) is 13.1 Å². The molecule has 1 aromatic carbocycles. The van der Waals surface area contributed by atoms with Crippen molar-refractivity contribution in [1.82, 2.24) is 20.1 Å². The van der Waals surface area contributed by atoms with Gasteiger partial charge in [-0.3, -0.25) is 9.78 Å². The molecule has 154 valence electrons. The standard InChI is InChI=1S/C23H25N5O2/c1-17-5-6-18(2)21(14-17)30-16-23(29)28-12-10-27(11-13-28)22-8-7-20(25-26-22)19-4-3-9-24-15-19/h3-9,14-15H,10-13,16H2,1-2H3. The quantitative estimate of drug-likeness (QED) is 0.652. The summed E-state index contributed by atoms with van der Waals surface area (Å²) in [7, 11) is 0. The lowest BCUT2D eigenvalue weighted by Crippen LogP contribution is -2.50. The Bertz CT molecular complexity index is 1000. The molecule has 0 radical (unpaired) electrons. The molecule has 0 saturated carbocycles. The van der Waals surface area contributed by atoms with Crippen LogP contribution >= 0.6 is 0 Å². The highest BCUT2D eigenvalue weighted by molar-refractivity contribution is 5.78. The van der Waals surface area contributed by atoms with E-state index < -0.39 is 0 Å². The highest BCUT2D eigenvalue weighted by Crippen LogP contribution is 2.20. The van der Waals surface area contributed by atoms with Gasteiger partial charge in [-0.05, 0) is 55.3 Å². The fourth-order valence-electron chi connectivity index (χ4n) is 3.44. The number of benzene rings is 1. The number of carbonyl (C=O) groups excluding carboxylic acids is 1. The van der Waals surface area contributed by atoms with E-state index in [1.165, 1.54) is 0 Å². The van der Waals surface area contributed by atoms with Crippen molar-refractivity contribution in [3.63, 3.8) is 0 Å². The smallest absolute Gasteiger partial charge is 0.260 e. The van der Waals surface area contributed by atoms with Crippen molar-refractivity contribution in [3.8, 4) is 17.0 Å². The van der Waals surface area contributed by atoms with Gasteiger partial charge in [0.15, 0.2) is 12.4 Å². The number of aromatic nitrogens is 3. The van der Waals surface area contributed by atoms with Crippen molar-refractivity contribution in [2.75, 3.05) is 37.7 Å². The summed E-state index contributed by atoms with van der Waals surface area (Å²) in [4.78, 5) is 20.7. The van der Waals surface area contributed by atoms with E-state index in [2.05, 4.69) is 20.1 Å². The number of aryl methyl sites for hydroxylation is 2. The number of piperazine rings is 1. The predicted molar refractivity (Wildman–Crippen MR) is 115 cm³/mol. The van der Waals surface area contributed by atoms with Gasteiger partial charge in [-0.1, -0.05) is 12.1 Å². The molecule has 3 aromatic rings. The van der Waals surface area contributed by atoms with Crippen LogP contribution in [-0.4, -0.2) is 58.8 Å². The third kappa shape index (κ3) is 4.56. The third-order valence-corrected chi connectivity index (χ3v) is 5.26. The summed E-state index contributed by atoms with van der Waals surface area (Å²) in [6.45, 7) is 6.77. The molecule has 0 spiro atoms. The van der Waals surface area contributed by atoms with Gasteiger partial charge >= 0.3 is 0 Å². The molecule has 0 unspecified atom stereocenters. The van der Waals surface area contributed by atoms with E-state index in [1.54, 1.807) is 12.4 Å². The molecule has 2 aromatic heterocycles. The lowest BCUT2D eigenvalue weighted by Gasteiger charge is -2.35. The fraction of sp³-hybridized carbons (Fsp3) is 0.304. The van der Waals surface area contributed by atoms with Gasteiger partial charge < -0.3 is 14.5 Å². The highest BCUT2D eigenvalue weighted by atomic mass is 16.5. The Labute approximate surface area is 176 Å². The zero-order valence-electron chi connectivity index (χ0n) is 17.3. The average molecular weight is 403 g/mol. The van der Waals surface area contributed by atoms with Gasteiger partial charge in [0.25, 0.3) is 5.91 Å². The van der Waals surface area contributed by atoms with Crippen molar-refractivity contribution in [3.05, 3.63) is 66.0 Å². The SMILES string of the molecule is Cc1ccc(C)c(OCC(=O)N2CCN(c3ccc(-c4cccnc4)nn3)CC2)c1. The summed E-state index contributed by atoms with van der Waals surface area (Å²) in [6.07, 6.45) is 3.51. The Morgan fingerprint density at radius 1 is 1.03 bits per heavy atom. The topological polar surface area (TPSA) is 71.5 Å². The third-order valence-electron chi connectivity index (χ3n) is 5.26. The Hall–Kier alpha value is -3.48. The maximum absolute atomic E-state index is 12.6. The zero-order valence-corrected chi connectivity index (χ0v) is 17.3. The molecule has 1 aliphatic heterocycles. The monoisotopic (exact) mass is 403 g/mol. The Kier molecular flexibility index (Phi) is 5.88. The summed E-state index contributed by atoms with van der Waals surface area (Å²) >= 11 is 0. The average Bonchev–Trinajstić information content (AvgIpc) is 2.80. The lowest BCUT2D eigenvalue weighted by atomic mass is 10.1. The molecule has 1 aliphatic rings. The number of nitrogens with zero attached hydrogens (tertiary/aromatic N) is 5. The van der Waals surface area contributed by atoms with Gasteiger partial charge in [0.05, 0.1) is 5.69 Å². The molecule has 1 saturated heterocycles. The molecule has 3 heterocycles. The zero-order chi connectivity index (χ0) is 20.9. The van der Waals surface area contributed by atoms with Crippen molar-refractivity contribution in [2.24, 2.45) is 0 Å². The first-order valence-electron chi connectivity index (χ1n) is 10.1. The summed E-state index contributed by atoms with van der Waals surface area (Å²) in [5.41, 5.74) is 3.89. The van der Waals surface area contributed by atoms with Crippen LogP contribution in [0.2, 0.25) is 0 Å². The van der Waals surface area contributed by atoms with E-state index >= 15 is 0 Å². The van der Waals surface area contributed by atoms with E-state index in [0.717, 1.165) is 47.0 Å². The van der Waals surface area contributed by atoms with Gasteiger partial charge in [-0.2, -0.15) is 0 Å². The first-order valence-corrected chi connectivity index (χ1v) is 10.1. The Balaban J connectivity index is 1.30. The highest BCUT2D eigenvalue weighted by Gasteiger charge is 2.22. The Morgan fingerprint density at radius 2 is 1.87 bits per heavy atom. The summed E-state index contributed by atoms with van der Waals surface area (Å²) in [5.74, 6) is 1.60. The minimum Gasteiger partial charge on any atom is -0.483 e. The van der Waals surface area contributed by atoms with Gasteiger partial charge in [0.2, 0.25) is 0 Å². The number of carbonyl (C=O) groups is 1. The first-order chi connectivity index (χ1) is 14.6. The predicted octanol–water partition coefficient (Wildman–Crippen LogP) is 2.88. The van der Waals surface area contributed by atoms with E-state index in [-0.39, 0.29) is 12.5 Å². The van der Waals surface area contributed by atoms with Crippen LogP contribution < -0.4 is 9.64 Å². The molecule has 1 fully saturated rings. The Morgan fingerprint density at radius 3 is 2.57 bits per heavy atom. The molecule has 4 rings (SSSR count). The molecule has 0 bridgehead atoms. The molecule has 0 atom stereocenters. The summed E-state index contributed by atoms with van der Waals surface area (Å²) in [6, 6.07) is 13.8. The molecule has 0 aliphatic carbocycles. The van der Waals surface area contributed by atoms with Crippen LogP contribution in [-0.2, 0) is 4.79 Å². The first kappa shape index (κ1) is 19.8. The second-order valence-corrected chi connectivity index (χ2v) is 7.44. The van der Waals surface area contributed by atoms with Crippen LogP contribution in [0.15, 0.2) is 54.9 Å². The lowest BCUT2D eigenvalue weighted by molar-refractivity contribution is -0.133. The fourth-order valence-corrected chi connectivity index (χ4v) is 3.44. The molecular formula is C23H25N5O2. The minimum absolute atomic E-state index is 0.00793.